The summed E-state index contributed by atoms with van der Waals surface area (Å²) >= 11 is 0. The molecule has 0 unspecified atom stereocenters. The predicted molar refractivity (Wildman–Crippen MR) is 110 cm³/mol. The summed E-state index contributed by atoms with van der Waals surface area (Å²) < 4.78 is 10.6. The maximum Gasteiger partial charge on any atom is 0.238 e. The van der Waals surface area contributed by atoms with Gasteiger partial charge in [-0.25, -0.2) is 0 Å². The molecule has 2 aromatic carbocycles. The molecule has 0 aliphatic carbocycles. The van der Waals surface area contributed by atoms with Gasteiger partial charge in [0, 0.05) is 23.9 Å². The lowest BCUT2D eigenvalue weighted by Crippen LogP contribution is -2.30. The average molecular weight is 370 g/mol. The first-order valence-corrected chi connectivity index (χ1v) is 9.26. The molecule has 0 spiro atoms. The first kappa shape index (κ1) is 20.8. The van der Waals surface area contributed by atoms with Gasteiger partial charge in [-0.05, 0) is 43.1 Å². The number of hydrogen-bond acceptors (Lipinski definition) is 4. The lowest BCUT2D eigenvalue weighted by Gasteiger charge is -2.18. The largest absolute Gasteiger partial charge is 0.497 e. The van der Waals surface area contributed by atoms with Gasteiger partial charge >= 0.3 is 0 Å². The molecular weight excluding hydrogens is 340 g/mol. The molecule has 0 heterocycles. The van der Waals surface area contributed by atoms with Crippen LogP contribution in [-0.4, -0.2) is 38.6 Å². The fraction of sp³-hybridized carbons (Fsp3) is 0.409. The van der Waals surface area contributed by atoms with E-state index in [2.05, 4.69) is 31.3 Å². The maximum absolute atomic E-state index is 12.3. The Bertz CT molecular complexity index is 744. The highest BCUT2D eigenvalue weighted by Crippen LogP contribution is 2.25. The summed E-state index contributed by atoms with van der Waals surface area (Å²) in [6.45, 7) is 5.28. The van der Waals surface area contributed by atoms with E-state index >= 15 is 0 Å². The van der Waals surface area contributed by atoms with E-state index in [0.29, 0.717) is 19.0 Å². The van der Waals surface area contributed by atoms with Crippen LogP contribution >= 0.6 is 0 Å². The minimum Gasteiger partial charge on any atom is -0.497 e. The number of amides is 1. The molecule has 2 rings (SSSR count). The van der Waals surface area contributed by atoms with E-state index in [-0.39, 0.29) is 5.91 Å². The highest BCUT2D eigenvalue weighted by atomic mass is 16.5. The number of nitrogens with one attached hydrogen (secondary N) is 1. The van der Waals surface area contributed by atoms with Crippen LogP contribution in [0.1, 0.15) is 37.3 Å². The van der Waals surface area contributed by atoms with Crippen LogP contribution in [0.2, 0.25) is 0 Å². The van der Waals surface area contributed by atoms with Crippen LogP contribution in [0.5, 0.6) is 11.5 Å². The van der Waals surface area contributed by atoms with E-state index in [0.717, 1.165) is 29.2 Å². The molecule has 0 radical (unpaired) electrons. The van der Waals surface area contributed by atoms with Crippen LogP contribution in [0.25, 0.3) is 0 Å². The zero-order chi connectivity index (χ0) is 19.8. The highest BCUT2D eigenvalue weighted by molar-refractivity contribution is 5.92. The van der Waals surface area contributed by atoms with Crippen LogP contribution in [0.3, 0.4) is 0 Å². The van der Waals surface area contributed by atoms with Gasteiger partial charge in [0.2, 0.25) is 5.91 Å². The minimum absolute atomic E-state index is 0.0405. The normalized spacial score (nSPS) is 11.9. The number of nitrogens with zero attached hydrogens (tertiary/aromatic N) is 1. The predicted octanol–water partition coefficient (Wildman–Crippen LogP) is 4.29. The summed E-state index contributed by atoms with van der Waals surface area (Å²) in [5.74, 6) is 1.99. The van der Waals surface area contributed by atoms with Crippen molar-refractivity contribution in [3.8, 4) is 11.5 Å². The van der Waals surface area contributed by atoms with E-state index in [1.165, 1.54) is 5.56 Å². The Morgan fingerprint density at radius 1 is 1.11 bits per heavy atom. The summed E-state index contributed by atoms with van der Waals surface area (Å²) in [6.07, 6.45) is 1.10. The fourth-order valence-electron chi connectivity index (χ4n) is 2.91. The molecule has 0 aromatic heterocycles. The third-order valence-electron chi connectivity index (χ3n) is 4.72. The van der Waals surface area contributed by atoms with Gasteiger partial charge in [0.05, 0.1) is 20.8 Å². The molecule has 5 nitrogen and oxygen atoms in total. The van der Waals surface area contributed by atoms with Crippen molar-refractivity contribution >= 4 is 11.6 Å². The SMILES string of the molecule is CC[C@H](C)c1ccc(NC(=O)CN(C)Cc2ccc(OC)cc2OC)cc1. The lowest BCUT2D eigenvalue weighted by molar-refractivity contribution is -0.117. The third kappa shape index (κ3) is 6.00. The number of carbonyl (C=O) groups is 1. The van der Waals surface area contributed by atoms with Gasteiger partial charge in [0.15, 0.2) is 0 Å². The van der Waals surface area contributed by atoms with Crippen molar-refractivity contribution in [1.29, 1.82) is 0 Å². The van der Waals surface area contributed by atoms with Crippen LogP contribution in [-0.2, 0) is 11.3 Å². The van der Waals surface area contributed by atoms with Gasteiger partial charge < -0.3 is 14.8 Å². The van der Waals surface area contributed by atoms with E-state index in [4.69, 9.17) is 9.47 Å². The van der Waals surface area contributed by atoms with Gasteiger partial charge in [0.1, 0.15) is 11.5 Å². The number of carbonyl (C=O) groups excluding carboxylic acids is 1. The zero-order valence-corrected chi connectivity index (χ0v) is 16.9. The van der Waals surface area contributed by atoms with E-state index < -0.39 is 0 Å². The van der Waals surface area contributed by atoms with E-state index in [9.17, 15) is 4.79 Å². The molecule has 0 saturated carbocycles. The Morgan fingerprint density at radius 3 is 2.41 bits per heavy atom. The summed E-state index contributed by atoms with van der Waals surface area (Å²) in [4.78, 5) is 14.3. The second-order valence-corrected chi connectivity index (χ2v) is 6.83. The topological polar surface area (TPSA) is 50.8 Å². The molecule has 1 atom stereocenters. The molecule has 0 bridgehead atoms. The average Bonchev–Trinajstić information content (AvgIpc) is 2.68. The second-order valence-electron chi connectivity index (χ2n) is 6.83. The quantitative estimate of drug-likeness (QED) is 0.715. The van der Waals surface area contributed by atoms with Crippen molar-refractivity contribution in [2.24, 2.45) is 0 Å². The van der Waals surface area contributed by atoms with Crippen LogP contribution in [0.4, 0.5) is 5.69 Å². The van der Waals surface area contributed by atoms with Crippen LogP contribution < -0.4 is 14.8 Å². The second kappa shape index (κ2) is 9.97. The maximum atomic E-state index is 12.3. The van der Waals surface area contributed by atoms with Gasteiger partial charge in [-0.15, -0.1) is 0 Å². The Kier molecular flexibility index (Phi) is 7.67. The van der Waals surface area contributed by atoms with Gasteiger partial charge in [-0.1, -0.05) is 32.0 Å². The molecule has 146 valence electrons. The zero-order valence-electron chi connectivity index (χ0n) is 16.9. The summed E-state index contributed by atoms with van der Waals surface area (Å²) in [5.41, 5.74) is 3.12. The standard InChI is InChI=1S/C22H30N2O3/c1-6-16(2)17-7-10-19(11-8-17)23-22(25)15-24(3)14-18-9-12-20(26-4)13-21(18)27-5/h7-13,16H,6,14-15H2,1-5H3,(H,23,25)/t16-/m0/s1. The number of benzene rings is 2. The highest BCUT2D eigenvalue weighted by Gasteiger charge is 2.12. The molecule has 27 heavy (non-hydrogen) atoms. The van der Waals surface area contributed by atoms with Crippen molar-refractivity contribution in [3.63, 3.8) is 0 Å². The third-order valence-corrected chi connectivity index (χ3v) is 4.72. The number of likely N-dealkylation sites (N-methyl/N-ethyl adjacent to an activating group) is 1. The summed E-state index contributed by atoms with van der Waals surface area (Å²) in [7, 11) is 5.17. The van der Waals surface area contributed by atoms with Crippen LogP contribution in [0, 0.1) is 0 Å². The monoisotopic (exact) mass is 370 g/mol. The van der Waals surface area contributed by atoms with Crippen molar-refractivity contribution in [2.45, 2.75) is 32.7 Å². The molecule has 2 aromatic rings. The summed E-state index contributed by atoms with van der Waals surface area (Å²) in [5, 5.41) is 2.96. The molecule has 5 heteroatoms. The Morgan fingerprint density at radius 2 is 1.81 bits per heavy atom. The smallest absolute Gasteiger partial charge is 0.238 e. The van der Waals surface area contributed by atoms with Crippen LogP contribution in [0.15, 0.2) is 42.5 Å². The van der Waals surface area contributed by atoms with Gasteiger partial charge in [-0.2, -0.15) is 0 Å². The van der Waals surface area contributed by atoms with Crippen molar-refractivity contribution < 1.29 is 14.3 Å². The first-order valence-electron chi connectivity index (χ1n) is 9.26. The molecule has 1 N–H and O–H groups in total. The molecule has 0 fully saturated rings. The molecule has 1 amide bonds. The van der Waals surface area contributed by atoms with Gasteiger partial charge in [-0.3, -0.25) is 9.69 Å². The Hall–Kier alpha value is -2.53. The molecule has 0 aliphatic heterocycles. The Balaban J connectivity index is 1.92. The molecular formula is C22H30N2O3. The van der Waals surface area contributed by atoms with E-state index in [1.807, 2.05) is 42.3 Å². The number of hydrogen-bond donors (Lipinski definition) is 1. The van der Waals surface area contributed by atoms with Gasteiger partial charge in [0.25, 0.3) is 0 Å². The lowest BCUT2D eigenvalue weighted by atomic mass is 9.99. The Labute approximate surface area is 162 Å². The number of anilines is 1. The number of ether oxygens (including phenoxy) is 2. The first-order chi connectivity index (χ1) is 13.0. The number of methoxy groups -OCH3 is 2. The molecule has 0 saturated heterocycles. The minimum atomic E-state index is -0.0405. The molecule has 0 aliphatic rings. The fourth-order valence-corrected chi connectivity index (χ4v) is 2.91. The van der Waals surface area contributed by atoms with Crippen molar-refractivity contribution in [2.75, 3.05) is 33.1 Å². The van der Waals surface area contributed by atoms with Crippen molar-refractivity contribution in [3.05, 3.63) is 53.6 Å². The number of rotatable bonds is 9. The van der Waals surface area contributed by atoms with E-state index in [1.54, 1.807) is 14.2 Å². The summed E-state index contributed by atoms with van der Waals surface area (Å²) in [6, 6.07) is 13.8. The van der Waals surface area contributed by atoms with Crippen molar-refractivity contribution in [1.82, 2.24) is 4.90 Å².